The van der Waals surface area contributed by atoms with Crippen molar-refractivity contribution in [2.45, 2.75) is 46.0 Å². The molecule has 1 aliphatic rings. The molecule has 0 aliphatic heterocycles. The molecule has 0 atom stereocenters. The quantitative estimate of drug-likeness (QED) is 0.784. The first kappa shape index (κ1) is 17.5. The van der Waals surface area contributed by atoms with Crippen LogP contribution in [-0.2, 0) is 33.6 Å². The van der Waals surface area contributed by atoms with E-state index in [1.54, 1.807) is 6.26 Å². The molecule has 1 heterocycles. The maximum atomic E-state index is 12.0. The second kappa shape index (κ2) is 7.72. The van der Waals surface area contributed by atoms with Crippen LogP contribution in [0.4, 0.5) is 0 Å². The lowest BCUT2D eigenvalue weighted by Crippen LogP contribution is -2.30. The number of amides is 1. The van der Waals surface area contributed by atoms with Crippen LogP contribution in [0.2, 0.25) is 0 Å². The molecular weight excluding hydrogens is 318 g/mol. The van der Waals surface area contributed by atoms with Crippen LogP contribution in [0.1, 0.15) is 43.4 Å². The molecule has 0 unspecified atom stereocenters. The first-order valence-electron chi connectivity index (χ1n) is 8.97. The summed E-state index contributed by atoms with van der Waals surface area (Å²) in [7, 11) is 0. The molecule has 134 valence electrons. The van der Waals surface area contributed by atoms with Crippen molar-refractivity contribution in [3.05, 3.63) is 35.1 Å². The fraction of sp³-hybridized carbons (Fsp3) is 0.500. The van der Waals surface area contributed by atoms with E-state index in [2.05, 4.69) is 31.3 Å². The van der Waals surface area contributed by atoms with Crippen molar-refractivity contribution < 1.29 is 18.7 Å². The summed E-state index contributed by atoms with van der Waals surface area (Å²) >= 11 is 0. The van der Waals surface area contributed by atoms with Gasteiger partial charge in [0.05, 0.1) is 12.7 Å². The SMILES string of the molecule is CC(C)CCNC(=O)COC(=O)Cc1coc2cc3c(cc12)CCC3. The van der Waals surface area contributed by atoms with Crippen molar-refractivity contribution in [2.24, 2.45) is 5.92 Å². The van der Waals surface area contributed by atoms with Crippen molar-refractivity contribution in [3.8, 4) is 0 Å². The summed E-state index contributed by atoms with van der Waals surface area (Å²) < 4.78 is 10.7. The Morgan fingerprint density at radius 1 is 1.24 bits per heavy atom. The number of carbonyl (C=O) groups is 2. The minimum atomic E-state index is -0.415. The Labute approximate surface area is 147 Å². The predicted molar refractivity (Wildman–Crippen MR) is 95.4 cm³/mol. The predicted octanol–water partition coefficient (Wildman–Crippen LogP) is 3.17. The molecule has 3 rings (SSSR count). The van der Waals surface area contributed by atoms with Gasteiger partial charge in [0.15, 0.2) is 6.61 Å². The fourth-order valence-corrected chi connectivity index (χ4v) is 3.19. The van der Waals surface area contributed by atoms with Crippen LogP contribution in [-0.4, -0.2) is 25.0 Å². The number of hydrogen-bond acceptors (Lipinski definition) is 4. The second-order valence-electron chi connectivity index (χ2n) is 7.10. The van der Waals surface area contributed by atoms with Crippen molar-refractivity contribution in [1.82, 2.24) is 5.32 Å². The molecule has 2 aromatic rings. The van der Waals surface area contributed by atoms with Gasteiger partial charge in [0.2, 0.25) is 0 Å². The summed E-state index contributed by atoms with van der Waals surface area (Å²) in [4.78, 5) is 23.7. The molecule has 0 saturated carbocycles. The molecule has 0 radical (unpaired) electrons. The van der Waals surface area contributed by atoms with E-state index < -0.39 is 5.97 Å². The number of benzene rings is 1. The molecule has 0 saturated heterocycles. The lowest BCUT2D eigenvalue weighted by Gasteiger charge is -2.08. The van der Waals surface area contributed by atoms with Gasteiger partial charge in [-0.05, 0) is 54.9 Å². The van der Waals surface area contributed by atoms with E-state index in [0.29, 0.717) is 12.5 Å². The highest BCUT2D eigenvalue weighted by Crippen LogP contribution is 2.30. The molecule has 1 amide bonds. The van der Waals surface area contributed by atoms with Gasteiger partial charge in [-0.1, -0.05) is 13.8 Å². The monoisotopic (exact) mass is 343 g/mol. The van der Waals surface area contributed by atoms with E-state index in [1.165, 1.54) is 17.5 Å². The highest BCUT2D eigenvalue weighted by Gasteiger charge is 2.17. The highest BCUT2D eigenvalue weighted by molar-refractivity contribution is 5.88. The third-order valence-electron chi connectivity index (χ3n) is 4.61. The summed E-state index contributed by atoms with van der Waals surface area (Å²) in [5, 5.41) is 3.72. The fourth-order valence-electron chi connectivity index (χ4n) is 3.19. The zero-order valence-corrected chi connectivity index (χ0v) is 14.9. The lowest BCUT2D eigenvalue weighted by molar-refractivity contribution is -0.147. The topological polar surface area (TPSA) is 68.5 Å². The number of esters is 1. The van der Waals surface area contributed by atoms with Gasteiger partial charge in [0.1, 0.15) is 5.58 Å². The normalized spacial score (nSPS) is 13.2. The lowest BCUT2D eigenvalue weighted by atomic mass is 10.0. The average Bonchev–Trinajstić information content (AvgIpc) is 3.17. The Morgan fingerprint density at radius 3 is 2.76 bits per heavy atom. The maximum absolute atomic E-state index is 12.0. The maximum Gasteiger partial charge on any atom is 0.310 e. The van der Waals surface area contributed by atoms with Crippen LogP contribution in [0, 0.1) is 5.92 Å². The minimum absolute atomic E-state index is 0.116. The minimum Gasteiger partial charge on any atom is -0.464 e. The van der Waals surface area contributed by atoms with E-state index in [4.69, 9.17) is 9.15 Å². The number of ether oxygens (including phenoxy) is 1. The van der Waals surface area contributed by atoms with Crippen LogP contribution < -0.4 is 5.32 Å². The molecule has 5 heteroatoms. The number of furan rings is 1. The van der Waals surface area contributed by atoms with Gasteiger partial charge >= 0.3 is 5.97 Å². The van der Waals surface area contributed by atoms with Crippen LogP contribution in [0.5, 0.6) is 0 Å². The molecule has 5 nitrogen and oxygen atoms in total. The molecule has 1 aromatic carbocycles. The van der Waals surface area contributed by atoms with E-state index in [9.17, 15) is 9.59 Å². The number of aryl methyl sites for hydroxylation is 2. The summed E-state index contributed by atoms with van der Waals surface area (Å²) in [6, 6.07) is 4.21. The zero-order valence-electron chi connectivity index (χ0n) is 14.9. The standard InChI is InChI=1S/C20H25NO4/c1-13(2)6-7-21-19(22)12-25-20(23)10-16-11-24-18-9-15-5-3-4-14(15)8-17(16)18/h8-9,11,13H,3-7,10,12H2,1-2H3,(H,21,22). The Kier molecular flexibility index (Phi) is 5.41. The third kappa shape index (κ3) is 4.41. The van der Waals surface area contributed by atoms with Gasteiger partial charge in [0, 0.05) is 17.5 Å². The van der Waals surface area contributed by atoms with Crippen LogP contribution in [0.25, 0.3) is 11.0 Å². The molecule has 0 bridgehead atoms. The van der Waals surface area contributed by atoms with Gasteiger partial charge in [0.25, 0.3) is 5.91 Å². The zero-order chi connectivity index (χ0) is 17.8. The molecular formula is C20H25NO4. The van der Waals surface area contributed by atoms with Crippen molar-refractivity contribution in [1.29, 1.82) is 0 Å². The number of rotatable bonds is 7. The Hall–Kier alpha value is -2.30. The molecule has 1 N–H and O–H groups in total. The average molecular weight is 343 g/mol. The van der Waals surface area contributed by atoms with Gasteiger partial charge in [-0.2, -0.15) is 0 Å². The Balaban J connectivity index is 1.53. The van der Waals surface area contributed by atoms with Gasteiger partial charge < -0.3 is 14.5 Å². The molecule has 0 fully saturated rings. The van der Waals surface area contributed by atoms with Crippen LogP contribution in [0.15, 0.2) is 22.8 Å². The number of carbonyl (C=O) groups excluding carboxylic acids is 2. The van der Waals surface area contributed by atoms with Gasteiger partial charge in [-0.3, -0.25) is 9.59 Å². The molecule has 25 heavy (non-hydrogen) atoms. The van der Waals surface area contributed by atoms with Crippen molar-refractivity contribution >= 4 is 22.8 Å². The number of fused-ring (bicyclic) bond motifs is 2. The third-order valence-corrected chi connectivity index (χ3v) is 4.61. The van der Waals surface area contributed by atoms with E-state index in [1.807, 2.05) is 0 Å². The first-order valence-corrected chi connectivity index (χ1v) is 8.97. The summed E-state index contributed by atoms with van der Waals surface area (Å²) in [5.41, 5.74) is 4.31. The Morgan fingerprint density at radius 2 is 2.00 bits per heavy atom. The van der Waals surface area contributed by atoms with E-state index >= 15 is 0 Å². The summed E-state index contributed by atoms with van der Waals surface area (Å²) in [6.45, 7) is 4.56. The first-order chi connectivity index (χ1) is 12.0. The molecule has 1 aromatic heterocycles. The second-order valence-corrected chi connectivity index (χ2v) is 7.10. The summed E-state index contributed by atoms with van der Waals surface area (Å²) in [5.74, 6) is -0.148. The van der Waals surface area contributed by atoms with E-state index in [-0.39, 0.29) is 18.9 Å². The van der Waals surface area contributed by atoms with Gasteiger partial charge in [-0.15, -0.1) is 0 Å². The smallest absolute Gasteiger partial charge is 0.310 e. The summed E-state index contributed by atoms with van der Waals surface area (Å²) in [6.07, 6.45) is 5.98. The van der Waals surface area contributed by atoms with Crippen molar-refractivity contribution in [3.63, 3.8) is 0 Å². The number of nitrogens with one attached hydrogen (secondary N) is 1. The van der Waals surface area contributed by atoms with Crippen molar-refractivity contribution in [2.75, 3.05) is 13.2 Å². The highest BCUT2D eigenvalue weighted by atomic mass is 16.5. The van der Waals surface area contributed by atoms with Gasteiger partial charge in [-0.25, -0.2) is 0 Å². The largest absolute Gasteiger partial charge is 0.464 e. The Bertz CT molecular complexity index is 775. The molecule has 0 spiro atoms. The molecule has 1 aliphatic carbocycles. The van der Waals surface area contributed by atoms with Crippen LogP contribution in [0.3, 0.4) is 0 Å². The number of hydrogen-bond donors (Lipinski definition) is 1. The van der Waals surface area contributed by atoms with Crippen LogP contribution >= 0.6 is 0 Å². The van der Waals surface area contributed by atoms with E-state index in [0.717, 1.165) is 35.8 Å².